The summed E-state index contributed by atoms with van der Waals surface area (Å²) in [4.78, 5) is 11.5. The lowest BCUT2D eigenvalue weighted by Crippen LogP contribution is -2.59. The quantitative estimate of drug-likeness (QED) is 0.166. The Morgan fingerprint density at radius 2 is 0.794 bits per heavy atom. The highest BCUT2D eigenvalue weighted by Crippen LogP contribution is 2.45. The number of furan rings is 2. The molecule has 6 heterocycles. The van der Waals surface area contributed by atoms with E-state index in [-0.39, 0.29) is 6.71 Å². The van der Waals surface area contributed by atoms with Gasteiger partial charge in [-0.2, -0.15) is 0 Å². The molecule has 2 aliphatic heterocycles. The van der Waals surface area contributed by atoms with Crippen LogP contribution in [-0.2, 0) is 0 Å². The predicted octanol–water partition coefficient (Wildman–Crippen LogP) is 12.0. The van der Waals surface area contributed by atoms with Crippen LogP contribution >= 0.6 is 0 Å². The van der Waals surface area contributed by atoms with E-state index >= 15 is 0 Å². The first kappa shape index (κ1) is 33.3. The van der Waals surface area contributed by atoms with Gasteiger partial charge < -0.3 is 8.83 Å². The van der Waals surface area contributed by atoms with E-state index in [0.717, 1.165) is 133 Å². The maximum absolute atomic E-state index is 6.79. The maximum Gasteiger partial charge on any atom is 0.252 e. The summed E-state index contributed by atoms with van der Waals surface area (Å²) in [6, 6.07) is 66.6. The second-order valence-corrected chi connectivity index (χ2v) is 16.8. The van der Waals surface area contributed by atoms with Crippen molar-refractivity contribution in [3.05, 3.63) is 188 Å². The average Bonchev–Trinajstić information content (AvgIpc) is 4.13. The Bertz CT molecular complexity index is 3840. The molecule has 290 valence electrons. The molecule has 0 atom stereocenters. The predicted molar refractivity (Wildman–Crippen MR) is 257 cm³/mol. The Kier molecular flexibility index (Phi) is 6.41. The molecule has 2 aliphatic rings. The minimum atomic E-state index is -0.181. The third-order valence-corrected chi connectivity index (χ3v) is 13.6. The summed E-state index contributed by atoms with van der Waals surface area (Å²) >= 11 is 0. The molecular weight excluding hydrogens is 771 g/mol. The van der Waals surface area contributed by atoms with E-state index in [9.17, 15) is 0 Å². The normalized spacial score (nSPS) is 12.7. The van der Waals surface area contributed by atoms with E-state index in [1.807, 2.05) is 12.1 Å². The molecule has 15 rings (SSSR count). The van der Waals surface area contributed by atoms with Crippen molar-refractivity contribution in [2.75, 3.05) is 0 Å². The van der Waals surface area contributed by atoms with E-state index in [1.54, 1.807) is 0 Å². The summed E-state index contributed by atoms with van der Waals surface area (Å²) in [6.45, 7) is -0.181. The molecule has 0 fully saturated rings. The summed E-state index contributed by atoms with van der Waals surface area (Å²) in [6.07, 6.45) is 0. The van der Waals surface area contributed by atoms with Gasteiger partial charge in [0, 0.05) is 33.3 Å². The molecule has 7 heteroatoms. The van der Waals surface area contributed by atoms with Crippen LogP contribution in [0.2, 0.25) is 0 Å². The largest absolute Gasteiger partial charge is 0.456 e. The van der Waals surface area contributed by atoms with E-state index < -0.39 is 0 Å². The van der Waals surface area contributed by atoms with Crippen LogP contribution in [0.25, 0.3) is 122 Å². The van der Waals surface area contributed by atoms with Gasteiger partial charge in [-0.25, -0.2) is 9.97 Å². The summed E-state index contributed by atoms with van der Waals surface area (Å²) in [5, 5.41) is 4.17. The third-order valence-electron chi connectivity index (χ3n) is 13.6. The zero-order valence-corrected chi connectivity index (χ0v) is 33.6. The summed E-state index contributed by atoms with van der Waals surface area (Å²) in [5.41, 5.74) is 19.7. The SMILES string of the molecule is c1ccc(-c2ccccc2-c2nc3c4c(cc5c3n2-c2cccc3c2B5c2cc5oc6ccccc6c5c5nc(-c6ccccc6-c6ccccc6)n-3c25)oc2ccccc24)cc1. The summed E-state index contributed by atoms with van der Waals surface area (Å²) < 4.78 is 18.4. The van der Waals surface area contributed by atoms with Crippen molar-refractivity contribution in [3.8, 4) is 56.4 Å². The van der Waals surface area contributed by atoms with Crippen LogP contribution in [0.3, 0.4) is 0 Å². The zero-order chi connectivity index (χ0) is 40.9. The molecule has 4 aromatic heterocycles. The van der Waals surface area contributed by atoms with Crippen molar-refractivity contribution in [3.63, 3.8) is 0 Å². The number of nitrogens with zero attached hydrogens (tertiary/aromatic N) is 4. The lowest BCUT2D eigenvalue weighted by molar-refractivity contribution is 0.669. The van der Waals surface area contributed by atoms with Crippen molar-refractivity contribution in [1.29, 1.82) is 0 Å². The van der Waals surface area contributed by atoms with Crippen molar-refractivity contribution in [2.24, 2.45) is 0 Å². The first-order chi connectivity index (χ1) is 31.3. The van der Waals surface area contributed by atoms with Crippen LogP contribution in [0, 0.1) is 0 Å². The third kappa shape index (κ3) is 4.32. The topological polar surface area (TPSA) is 61.9 Å². The molecule has 0 radical (unpaired) electrons. The zero-order valence-electron chi connectivity index (χ0n) is 33.6. The van der Waals surface area contributed by atoms with Crippen LogP contribution in [0.4, 0.5) is 0 Å². The van der Waals surface area contributed by atoms with Gasteiger partial charge in [-0.05, 0) is 75.0 Å². The Morgan fingerprint density at radius 3 is 1.27 bits per heavy atom. The van der Waals surface area contributed by atoms with Gasteiger partial charge in [-0.15, -0.1) is 0 Å². The second kappa shape index (κ2) is 12.1. The number of benzene rings is 9. The van der Waals surface area contributed by atoms with Gasteiger partial charge >= 0.3 is 0 Å². The number of hydrogen-bond acceptors (Lipinski definition) is 4. The number of para-hydroxylation sites is 2. The molecule has 13 aromatic rings. The van der Waals surface area contributed by atoms with Gasteiger partial charge in [0.15, 0.2) is 0 Å². The van der Waals surface area contributed by atoms with E-state index in [4.69, 9.17) is 18.8 Å². The standard InChI is InChI=1S/C56H31BN4O2/c1-3-16-32(17-4-1)34-20-7-9-22-36(34)55-58-51-48-38-24-11-13-28-44(38)62-46(48)30-40-53(51)60(55)42-26-15-27-43-50(42)57(40)41-31-47-49(39-25-12-14-29-45(39)63-47)52-54(41)61(43)56(59-52)37-23-10-8-21-35(37)33-18-5-2-6-19-33/h1-31H. The number of rotatable bonds is 4. The fraction of sp³-hybridized carbons (Fsp3) is 0. The lowest BCUT2D eigenvalue weighted by atomic mass is 9.34. The van der Waals surface area contributed by atoms with Gasteiger partial charge in [0.05, 0.1) is 21.8 Å². The maximum atomic E-state index is 6.79. The van der Waals surface area contributed by atoms with Gasteiger partial charge in [0.1, 0.15) is 45.0 Å². The van der Waals surface area contributed by atoms with Crippen LogP contribution in [-0.4, -0.2) is 25.8 Å². The minimum Gasteiger partial charge on any atom is -0.456 e. The molecule has 0 saturated carbocycles. The van der Waals surface area contributed by atoms with Crippen molar-refractivity contribution >= 4 is 89.0 Å². The Balaban J connectivity index is 1.13. The Morgan fingerprint density at radius 1 is 0.381 bits per heavy atom. The number of aromatic nitrogens is 4. The first-order valence-electron chi connectivity index (χ1n) is 21.4. The molecule has 0 N–H and O–H groups in total. The minimum absolute atomic E-state index is 0.181. The summed E-state index contributed by atoms with van der Waals surface area (Å²) in [7, 11) is 0. The molecule has 0 saturated heterocycles. The molecule has 0 unspecified atom stereocenters. The van der Waals surface area contributed by atoms with Gasteiger partial charge in [-0.3, -0.25) is 9.13 Å². The second-order valence-electron chi connectivity index (χ2n) is 16.8. The number of imidazole rings is 2. The molecule has 0 aliphatic carbocycles. The molecule has 6 nitrogen and oxygen atoms in total. The first-order valence-corrected chi connectivity index (χ1v) is 21.4. The highest BCUT2D eigenvalue weighted by Gasteiger charge is 2.43. The molecule has 0 amide bonds. The fourth-order valence-corrected chi connectivity index (χ4v) is 11.0. The van der Waals surface area contributed by atoms with Crippen molar-refractivity contribution in [2.45, 2.75) is 0 Å². The monoisotopic (exact) mass is 802 g/mol. The van der Waals surface area contributed by atoms with Gasteiger partial charge in [0.25, 0.3) is 6.71 Å². The van der Waals surface area contributed by atoms with E-state index in [2.05, 4.69) is 185 Å². The van der Waals surface area contributed by atoms with Crippen molar-refractivity contribution in [1.82, 2.24) is 19.1 Å². The van der Waals surface area contributed by atoms with Gasteiger partial charge in [-0.1, -0.05) is 152 Å². The van der Waals surface area contributed by atoms with E-state index in [1.165, 1.54) is 5.46 Å². The average molecular weight is 803 g/mol. The molecule has 0 bridgehead atoms. The smallest absolute Gasteiger partial charge is 0.252 e. The number of hydrogen-bond donors (Lipinski definition) is 0. The summed E-state index contributed by atoms with van der Waals surface area (Å²) in [5.74, 6) is 1.78. The van der Waals surface area contributed by atoms with Gasteiger partial charge in [0.2, 0.25) is 0 Å². The number of fused-ring (bicyclic) bond motifs is 12. The van der Waals surface area contributed by atoms with Crippen molar-refractivity contribution < 1.29 is 8.83 Å². The van der Waals surface area contributed by atoms with Crippen LogP contribution in [0.5, 0.6) is 0 Å². The lowest BCUT2D eigenvalue weighted by Gasteiger charge is -2.33. The Hall–Kier alpha value is -8.42. The highest BCUT2D eigenvalue weighted by atomic mass is 16.3. The fourth-order valence-electron chi connectivity index (χ4n) is 11.0. The van der Waals surface area contributed by atoms with Crippen LogP contribution in [0.1, 0.15) is 0 Å². The molecule has 9 aromatic carbocycles. The highest BCUT2D eigenvalue weighted by molar-refractivity contribution is 7.00. The molecule has 0 spiro atoms. The molecule has 63 heavy (non-hydrogen) atoms. The Labute approximate surface area is 360 Å². The van der Waals surface area contributed by atoms with Crippen LogP contribution in [0.15, 0.2) is 197 Å². The van der Waals surface area contributed by atoms with Crippen LogP contribution < -0.4 is 16.4 Å². The van der Waals surface area contributed by atoms with E-state index in [0.29, 0.717) is 0 Å². The molecular formula is C56H31BN4O2.